The van der Waals surface area contributed by atoms with Gasteiger partial charge in [-0.3, -0.25) is 14.9 Å². The summed E-state index contributed by atoms with van der Waals surface area (Å²) < 4.78 is 5.66. The molecule has 2 aromatic carbocycles. The number of hydrogen-bond donors (Lipinski definition) is 1. The highest BCUT2D eigenvalue weighted by molar-refractivity contribution is 6.34. The first-order valence-corrected chi connectivity index (χ1v) is 8.86. The first kappa shape index (κ1) is 20.1. The molecular weight excluding hydrogens is 417 g/mol. The van der Waals surface area contributed by atoms with Crippen LogP contribution in [0.25, 0.3) is 17.4 Å². The largest absolute Gasteiger partial charge is 0.457 e. The molecule has 0 aliphatic heterocycles. The highest BCUT2D eigenvalue weighted by atomic mass is 35.5. The Hall–Kier alpha value is -3.60. The van der Waals surface area contributed by atoms with Crippen LogP contribution in [0.1, 0.15) is 5.76 Å². The number of rotatable bonds is 5. The summed E-state index contributed by atoms with van der Waals surface area (Å²) in [6.07, 6.45) is 1.29. The van der Waals surface area contributed by atoms with Crippen molar-refractivity contribution in [1.29, 1.82) is 5.26 Å². The van der Waals surface area contributed by atoms with Gasteiger partial charge in [-0.15, -0.1) is 0 Å². The van der Waals surface area contributed by atoms with E-state index in [0.29, 0.717) is 16.5 Å². The molecule has 7 nitrogen and oxygen atoms in total. The number of anilines is 1. The molecule has 3 rings (SSSR count). The van der Waals surface area contributed by atoms with Gasteiger partial charge in [-0.25, -0.2) is 0 Å². The molecule has 1 amide bonds. The predicted octanol–water partition coefficient (Wildman–Crippen LogP) is 5.71. The van der Waals surface area contributed by atoms with Crippen molar-refractivity contribution in [2.45, 2.75) is 0 Å². The lowest BCUT2D eigenvalue weighted by Gasteiger charge is -2.06. The van der Waals surface area contributed by atoms with Crippen LogP contribution in [0.3, 0.4) is 0 Å². The number of nitriles is 1. The van der Waals surface area contributed by atoms with E-state index in [1.807, 2.05) is 0 Å². The zero-order valence-electron chi connectivity index (χ0n) is 14.6. The van der Waals surface area contributed by atoms with E-state index >= 15 is 0 Å². The van der Waals surface area contributed by atoms with Crippen LogP contribution in [-0.2, 0) is 4.79 Å². The lowest BCUT2D eigenvalue weighted by Crippen LogP contribution is -2.13. The maximum absolute atomic E-state index is 12.4. The van der Waals surface area contributed by atoms with Crippen LogP contribution in [0.2, 0.25) is 10.0 Å². The Labute approximate surface area is 174 Å². The molecule has 0 radical (unpaired) electrons. The number of benzene rings is 2. The Morgan fingerprint density at radius 3 is 2.48 bits per heavy atom. The molecule has 1 heterocycles. The van der Waals surface area contributed by atoms with Crippen LogP contribution >= 0.6 is 23.2 Å². The second kappa shape index (κ2) is 8.61. The Bertz CT molecular complexity index is 1160. The summed E-state index contributed by atoms with van der Waals surface area (Å²) in [7, 11) is 0. The van der Waals surface area contributed by atoms with E-state index in [1.54, 1.807) is 42.5 Å². The lowest BCUT2D eigenvalue weighted by molar-refractivity contribution is -0.384. The minimum atomic E-state index is -0.729. The summed E-state index contributed by atoms with van der Waals surface area (Å²) in [5, 5.41) is 23.1. The average Bonchev–Trinajstić information content (AvgIpc) is 3.16. The number of furan rings is 1. The number of nitro groups is 1. The maximum atomic E-state index is 12.4. The number of halogens is 2. The molecule has 3 aromatic rings. The van der Waals surface area contributed by atoms with Gasteiger partial charge in [0.25, 0.3) is 11.6 Å². The molecule has 0 aliphatic rings. The van der Waals surface area contributed by atoms with Gasteiger partial charge < -0.3 is 9.73 Å². The number of carbonyl (C=O) groups excluding carboxylic acids is 1. The molecule has 9 heteroatoms. The number of hydrogen-bond acceptors (Lipinski definition) is 5. The smallest absolute Gasteiger partial charge is 0.271 e. The molecular formula is C20H11Cl2N3O4. The second-order valence-corrected chi connectivity index (χ2v) is 6.60. The normalized spacial score (nSPS) is 11.0. The van der Waals surface area contributed by atoms with Crippen LogP contribution in [0.5, 0.6) is 0 Å². The maximum Gasteiger partial charge on any atom is 0.271 e. The van der Waals surface area contributed by atoms with E-state index in [4.69, 9.17) is 27.6 Å². The van der Waals surface area contributed by atoms with E-state index in [2.05, 4.69) is 5.32 Å². The predicted molar refractivity (Wildman–Crippen MR) is 109 cm³/mol. The van der Waals surface area contributed by atoms with Gasteiger partial charge in [0.05, 0.1) is 15.6 Å². The van der Waals surface area contributed by atoms with Crippen molar-refractivity contribution in [2.75, 3.05) is 5.32 Å². The zero-order chi connectivity index (χ0) is 21.0. The molecule has 0 saturated heterocycles. The van der Waals surface area contributed by atoms with Crippen molar-refractivity contribution in [3.05, 3.63) is 86.1 Å². The van der Waals surface area contributed by atoms with Gasteiger partial charge in [0, 0.05) is 28.8 Å². The van der Waals surface area contributed by atoms with E-state index in [9.17, 15) is 20.2 Å². The summed E-state index contributed by atoms with van der Waals surface area (Å²) in [5.74, 6) is 0.119. The van der Waals surface area contributed by atoms with E-state index in [-0.39, 0.29) is 22.0 Å². The monoisotopic (exact) mass is 427 g/mol. The fourth-order valence-corrected chi connectivity index (χ4v) is 2.75. The minimum Gasteiger partial charge on any atom is -0.457 e. The summed E-state index contributed by atoms with van der Waals surface area (Å²) in [5.41, 5.74) is 0.491. The summed E-state index contributed by atoms with van der Waals surface area (Å²) >= 11 is 11.8. The standard InChI is InChI=1S/C20H11Cl2N3O4/c21-14-3-1-12(2-4-14)19-8-6-16(29-19)9-13(11-23)20(26)24-18-7-5-15(25(27)28)10-17(18)22/h1-10H,(H,24,26). The molecule has 0 unspecified atom stereocenters. The van der Waals surface area contributed by atoms with Gasteiger partial charge in [0.15, 0.2) is 0 Å². The third-order valence-electron chi connectivity index (χ3n) is 3.82. The SMILES string of the molecule is N#CC(=Cc1ccc(-c2ccc(Cl)cc2)o1)C(=O)Nc1ccc([N+](=O)[O-])cc1Cl. The molecule has 29 heavy (non-hydrogen) atoms. The number of nitrogens with one attached hydrogen (secondary N) is 1. The molecule has 144 valence electrons. The number of nitrogens with zero attached hydrogens (tertiary/aromatic N) is 2. The zero-order valence-corrected chi connectivity index (χ0v) is 16.1. The molecule has 0 saturated carbocycles. The highest BCUT2D eigenvalue weighted by Crippen LogP contribution is 2.28. The molecule has 0 aliphatic carbocycles. The number of amides is 1. The van der Waals surface area contributed by atoms with E-state index < -0.39 is 10.8 Å². The van der Waals surface area contributed by atoms with Crippen molar-refractivity contribution in [1.82, 2.24) is 0 Å². The minimum absolute atomic E-state index is 0.0205. The average molecular weight is 428 g/mol. The quantitative estimate of drug-likeness (QED) is 0.242. The van der Waals surface area contributed by atoms with Crippen molar-refractivity contribution in [3.63, 3.8) is 0 Å². The Morgan fingerprint density at radius 2 is 1.86 bits per heavy atom. The van der Waals surface area contributed by atoms with Gasteiger partial charge in [0.1, 0.15) is 23.2 Å². The molecule has 0 atom stereocenters. The molecule has 1 N–H and O–H groups in total. The lowest BCUT2D eigenvalue weighted by atomic mass is 10.2. The summed E-state index contributed by atoms with van der Waals surface area (Å²) in [4.78, 5) is 22.5. The fourth-order valence-electron chi connectivity index (χ4n) is 2.40. The molecule has 0 bridgehead atoms. The highest BCUT2D eigenvalue weighted by Gasteiger charge is 2.15. The van der Waals surface area contributed by atoms with Crippen molar-refractivity contribution in [3.8, 4) is 17.4 Å². The van der Waals surface area contributed by atoms with Gasteiger partial charge >= 0.3 is 0 Å². The first-order valence-electron chi connectivity index (χ1n) is 8.10. The topological polar surface area (TPSA) is 109 Å². The summed E-state index contributed by atoms with van der Waals surface area (Å²) in [6, 6.07) is 15.7. The number of carbonyl (C=O) groups is 1. The van der Waals surface area contributed by atoms with Crippen molar-refractivity contribution >= 4 is 46.6 Å². The Morgan fingerprint density at radius 1 is 1.14 bits per heavy atom. The number of nitro benzene ring substituents is 1. The van der Waals surface area contributed by atoms with Gasteiger partial charge in [-0.2, -0.15) is 5.26 Å². The third-order valence-corrected chi connectivity index (χ3v) is 4.38. The van der Waals surface area contributed by atoms with Crippen LogP contribution < -0.4 is 5.32 Å². The van der Waals surface area contributed by atoms with E-state index in [1.165, 1.54) is 18.2 Å². The first-order chi connectivity index (χ1) is 13.9. The molecule has 1 aromatic heterocycles. The summed E-state index contributed by atoms with van der Waals surface area (Å²) in [6.45, 7) is 0. The third kappa shape index (κ3) is 4.82. The number of non-ortho nitro benzene ring substituents is 1. The molecule has 0 spiro atoms. The molecule has 0 fully saturated rings. The Balaban J connectivity index is 1.80. The van der Waals surface area contributed by atoms with Crippen LogP contribution in [0.4, 0.5) is 11.4 Å². The van der Waals surface area contributed by atoms with Crippen LogP contribution in [0.15, 0.2) is 64.6 Å². The van der Waals surface area contributed by atoms with Crippen molar-refractivity contribution in [2.24, 2.45) is 0 Å². The fraction of sp³-hybridized carbons (Fsp3) is 0. The second-order valence-electron chi connectivity index (χ2n) is 5.75. The van der Waals surface area contributed by atoms with Gasteiger partial charge in [-0.1, -0.05) is 23.2 Å². The van der Waals surface area contributed by atoms with E-state index in [0.717, 1.165) is 11.6 Å². The van der Waals surface area contributed by atoms with Crippen LogP contribution in [-0.4, -0.2) is 10.8 Å². The van der Waals surface area contributed by atoms with Gasteiger partial charge in [0.2, 0.25) is 0 Å². The van der Waals surface area contributed by atoms with Crippen molar-refractivity contribution < 1.29 is 14.1 Å². The van der Waals surface area contributed by atoms with Gasteiger partial charge in [-0.05, 0) is 42.5 Å². The Kier molecular flexibility index (Phi) is 5.98. The van der Waals surface area contributed by atoms with Crippen LogP contribution in [0, 0.1) is 21.4 Å².